The van der Waals surface area contributed by atoms with Gasteiger partial charge in [-0.25, -0.2) is 9.97 Å². The number of fused-ring (bicyclic) bond motifs is 1. The molecule has 2 N–H and O–H groups in total. The normalized spacial score (nSPS) is 18.0. The Morgan fingerprint density at radius 1 is 1.00 bits per heavy atom. The molecule has 0 radical (unpaired) electrons. The molecule has 0 spiro atoms. The summed E-state index contributed by atoms with van der Waals surface area (Å²) in [6.07, 6.45) is 0.135. The standard InChI is InChI=1S/C30H38F3N7/c1-20-7-6-16-40(20)28-37-25-14-18-39(27-24(30(31,32)33)8-5-15-35-27)17-13-23(25)26(38-28)36-22-11-9-21(10-12-22)29(2,3)19-34-4/h5,8-12,15,20,34H,6-7,13-14,16-19H2,1-4H3,(H,36,37,38). The van der Waals surface area contributed by atoms with Crippen molar-refractivity contribution in [2.24, 2.45) is 0 Å². The van der Waals surface area contributed by atoms with Gasteiger partial charge in [-0.15, -0.1) is 0 Å². The van der Waals surface area contributed by atoms with Gasteiger partial charge in [0, 0.05) is 61.5 Å². The fourth-order valence-electron chi connectivity index (χ4n) is 5.82. The average molecular weight is 554 g/mol. The quantitative estimate of drug-likeness (QED) is 0.388. The molecule has 0 aliphatic carbocycles. The van der Waals surface area contributed by atoms with Crippen LogP contribution in [-0.4, -0.2) is 54.2 Å². The summed E-state index contributed by atoms with van der Waals surface area (Å²) in [4.78, 5) is 18.1. The second-order valence-electron chi connectivity index (χ2n) is 11.5. The molecule has 2 aliphatic rings. The third kappa shape index (κ3) is 5.87. The van der Waals surface area contributed by atoms with Crippen LogP contribution in [0.25, 0.3) is 0 Å². The van der Waals surface area contributed by atoms with E-state index in [2.05, 4.69) is 65.6 Å². The molecule has 1 aromatic carbocycles. The zero-order valence-electron chi connectivity index (χ0n) is 23.6. The lowest BCUT2D eigenvalue weighted by Gasteiger charge is -2.25. The van der Waals surface area contributed by atoms with Crippen molar-refractivity contribution in [3.63, 3.8) is 0 Å². The summed E-state index contributed by atoms with van der Waals surface area (Å²) >= 11 is 0. The number of hydrogen-bond acceptors (Lipinski definition) is 7. The molecule has 0 saturated carbocycles. The number of anilines is 4. The molecule has 3 aromatic rings. The SMILES string of the molecule is CNCC(C)(C)c1ccc(Nc2nc(N3CCCC3C)nc3c2CCN(c2ncccc2C(F)(F)F)CC3)cc1. The van der Waals surface area contributed by atoms with Crippen LogP contribution < -0.4 is 20.4 Å². The maximum atomic E-state index is 13.8. The molecule has 214 valence electrons. The summed E-state index contributed by atoms with van der Waals surface area (Å²) in [5, 5.41) is 6.79. The highest BCUT2D eigenvalue weighted by atomic mass is 19.4. The van der Waals surface area contributed by atoms with Gasteiger partial charge in [0.05, 0.1) is 11.3 Å². The van der Waals surface area contributed by atoms with Gasteiger partial charge in [0.25, 0.3) is 0 Å². The van der Waals surface area contributed by atoms with E-state index in [0.29, 0.717) is 37.9 Å². The summed E-state index contributed by atoms with van der Waals surface area (Å²) in [7, 11) is 1.95. The van der Waals surface area contributed by atoms with Gasteiger partial charge in [0.15, 0.2) is 0 Å². The minimum absolute atomic E-state index is 0.0114. The zero-order valence-corrected chi connectivity index (χ0v) is 23.6. The minimum atomic E-state index is -4.47. The van der Waals surface area contributed by atoms with Crippen LogP contribution >= 0.6 is 0 Å². The van der Waals surface area contributed by atoms with E-state index in [9.17, 15) is 13.2 Å². The molecule has 1 saturated heterocycles. The number of benzene rings is 1. The molecule has 0 amide bonds. The topological polar surface area (TPSA) is 69.2 Å². The van der Waals surface area contributed by atoms with Crippen molar-refractivity contribution in [3.05, 3.63) is 65.0 Å². The number of halogens is 3. The first-order valence-electron chi connectivity index (χ1n) is 14.0. The van der Waals surface area contributed by atoms with Gasteiger partial charge in [-0.1, -0.05) is 26.0 Å². The van der Waals surface area contributed by atoms with Crippen molar-refractivity contribution in [1.82, 2.24) is 20.3 Å². The predicted molar refractivity (Wildman–Crippen MR) is 154 cm³/mol. The molecule has 7 nitrogen and oxygen atoms in total. The first-order valence-corrected chi connectivity index (χ1v) is 14.0. The van der Waals surface area contributed by atoms with E-state index in [1.165, 1.54) is 17.8 Å². The van der Waals surface area contributed by atoms with Gasteiger partial charge in [-0.2, -0.15) is 18.2 Å². The molecule has 1 unspecified atom stereocenters. The predicted octanol–water partition coefficient (Wildman–Crippen LogP) is 5.72. The van der Waals surface area contributed by atoms with Crippen molar-refractivity contribution >= 4 is 23.3 Å². The second-order valence-corrected chi connectivity index (χ2v) is 11.5. The molecular weight excluding hydrogens is 515 g/mol. The molecule has 1 atom stereocenters. The number of alkyl halides is 3. The van der Waals surface area contributed by atoms with E-state index in [0.717, 1.165) is 54.8 Å². The van der Waals surface area contributed by atoms with Crippen LogP contribution in [0.15, 0.2) is 42.6 Å². The van der Waals surface area contributed by atoms with Crippen LogP contribution in [0, 0.1) is 0 Å². The number of aromatic nitrogens is 3. The highest BCUT2D eigenvalue weighted by Gasteiger charge is 2.36. The number of pyridine rings is 1. The van der Waals surface area contributed by atoms with Crippen molar-refractivity contribution in [1.29, 1.82) is 0 Å². The van der Waals surface area contributed by atoms with E-state index in [-0.39, 0.29) is 11.2 Å². The lowest BCUT2D eigenvalue weighted by atomic mass is 9.84. The van der Waals surface area contributed by atoms with Crippen molar-refractivity contribution in [2.75, 3.05) is 48.3 Å². The number of nitrogens with zero attached hydrogens (tertiary/aromatic N) is 5. The summed E-state index contributed by atoms with van der Waals surface area (Å²) in [5.74, 6) is 1.37. The molecule has 0 bridgehead atoms. The van der Waals surface area contributed by atoms with Crippen molar-refractivity contribution < 1.29 is 13.2 Å². The van der Waals surface area contributed by atoms with E-state index in [4.69, 9.17) is 9.97 Å². The number of hydrogen-bond donors (Lipinski definition) is 2. The van der Waals surface area contributed by atoms with Crippen molar-refractivity contribution in [2.45, 2.75) is 64.1 Å². The van der Waals surface area contributed by atoms with Gasteiger partial charge in [-0.3, -0.25) is 0 Å². The fraction of sp³-hybridized carbons (Fsp3) is 0.500. The lowest BCUT2D eigenvalue weighted by Crippen LogP contribution is -2.30. The highest BCUT2D eigenvalue weighted by molar-refractivity contribution is 5.63. The smallest absolute Gasteiger partial charge is 0.355 e. The first kappa shape index (κ1) is 28.1. The van der Waals surface area contributed by atoms with E-state index in [1.807, 2.05) is 7.05 Å². The molecule has 4 heterocycles. The Hall–Kier alpha value is -3.40. The molecule has 2 aliphatic heterocycles. The maximum absolute atomic E-state index is 13.8. The number of rotatable bonds is 7. The second kappa shape index (κ2) is 11.2. The Morgan fingerprint density at radius 3 is 2.42 bits per heavy atom. The van der Waals surface area contributed by atoms with Crippen LogP contribution in [0.3, 0.4) is 0 Å². The lowest BCUT2D eigenvalue weighted by molar-refractivity contribution is -0.137. The molecular formula is C30H38F3N7. The Morgan fingerprint density at radius 2 is 1.75 bits per heavy atom. The van der Waals surface area contributed by atoms with Gasteiger partial charge in [-0.05, 0) is 63.1 Å². The summed E-state index contributed by atoms with van der Waals surface area (Å²) in [5.41, 5.74) is 3.25. The first-order chi connectivity index (χ1) is 19.1. The Balaban J connectivity index is 1.47. The molecule has 5 rings (SSSR count). The monoisotopic (exact) mass is 553 g/mol. The third-order valence-corrected chi connectivity index (χ3v) is 8.08. The minimum Gasteiger partial charge on any atom is -0.355 e. The van der Waals surface area contributed by atoms with Crippen LogP contribution in [0.4, 0.5) is 36.4 Å². The highest BCUT2D eigenvalue weighted by Crippen LogP contribution is 2.37. The Kier molecular flexibility index (Phi) is 7.90. The largest absolute Gasteiger partial charge is 0.419 e. The molecule has 1 fully saturated rings. The van der Waals surface area contributed by atoms with E-state index < -0.39 is 11.7 Å². The Bertz CT molecular complexity index is 1320. The zero-order chi connectivity index (χ0) is 28.5. The average Bonchev–Trinajstić information content (AvgIpc) is 3.23. The third-order valence-electron chi connectivity index (χ3n) is 8.08. The fourth-order valence-corrected chi connectivity index (χ4v) is 5.82. The van der Waals surface area contributed by atoms with Crippen LogP contribution in [0.5, 0.6) is 0 Å². The van der Waals surface area contributed by atoms with Crippen molar-refractivity contribution in [3.8, 4) is 0 Å². The molecule has 10 heteroatoms. The van der Waals surface area contributed by atoms with E-state index in [1.54, 1.807) is 4.90 Å². The molecule has 2 aromatic heterocycles. The Labute approximate surface area is 234 Å². The van der Waals surface area contributed by atoms with Gasteiger partial charge >= 0.3 is 6.18 Å². The number of likely N-dealkylation sites (N-methyl/N-ethyl adjacent to an activating group) is 1. The number of nitrogens with one attached hydrogen (secondary N) is 2. The summed E-state index contributed by atoms with van der Waals surface area (Å²) in [6, 6.07) is 11.2. The summed E-state index contributed by atoms with van der Waals surface area (Å²) < 4.78 is 41.3. The van der Waals surface area contributed by atoms with E-state index >= 15 is 0 Å². The van der Waals surface area contributed by atoms with Gasteiger partial charge in [0.1, 0.15) is 11.6 Å². The van der Waals surface area contributed by atoms with Gasteiger partial charge < -0.3 is 20.4 Å². The van der Waals surface area contributed by atoms with Crippen LogP contribution in [-0.2, 0) is 24.4 Å². The van der Waals surface area contributed by atoms with Gasteiger partial charge in [0.2, 0.25) is 5.95 Å². The maximum Gasteiger partial charge on any atom is 0.419 e. The van der Waals surface area contributed by atoms with Crippen LogP contribution in [0.1, 0.15) is 56.0 Å². The molecule has 40 heavy (non-hydrogen) atoms. The van der Waals surface area contributed by atoms with Crippen LogP contribution in [0.2, 0.25) is 0 Å². The summed E-state index contributed by atoms with van der Waals surface area (Å²) in [6.45, 7) is 9.13.